The summed E-state index contributed by atoms with van der Waals surface area (Å²) >= 11 is 3.36. The maximum absolute atomic E-state index is 12.7. The van der Waals surface area contributed by atoms with Crippen LogP contribution in [-0.4, -0.2) is 31.5 Å². The molecule has 0 saturated carbocycles. The van der Waals surface area contributed by atoms with Crippen LogP contribution in [0.25, 0.3) is 0 Å². The Kier molecular flexibility index (Phi) is 5.75. The van der Waals surface area contributed by atoms with Gasteiger partial charge in [-0.15, -0.1) is 0 Å². The molecule has 0 spiro atoms. The van der Waals surface area contributed by atoms with E-state index in [4.69, 9.17) is 9.47 Å². The lowest BCUT2D eigenvalue weighted by atomic mass is 10.0. The minimum absolute atomic E-state index is 0.00136. The molecule has 1 heterocycles. The first-order valence-electron chi connectivity index (χ1n) is 8.16. The van der Waals surface area contributed by atoms with Crippen molar-refractivity contribution in [1.29, 1.82) is 0 Å². The Labute approximate surface area is 164 Å². The summed E-state index contributed by atoms with van der Waals surface area (Å²) in [7, 11) is 1.30. The predicted octanol–water partition coefficient (Wildman–Crippen LogP) is 2.81. The topological polar surface area (TPSA) is 93.7 Å². The van der Waals surface area contributed by atoms with E-state index in [-0.39, 0.29) is 24.8 Å². The van der Waals surface area contributed by atoms with Crippen molar-refractivity contribution in [3.63, 3.8) is 0 Å². The summed E-state index contributed by atoms with van der Waals surface area (Å²) in [5, 5.41) is 5.52. The van der Waals surface area contributed by atoms with Gasteiger partial charge in [0.1, 0.15) is 5.75 Å². The number of amides is 2. The summed E-state index contributed by atoms with van der Waals surface area (Å²) < 4.78 is 11.0. The van der Waals surface area contributed by atoms with E-state index in [2.05, 4.69) is 26.6 Å². The molecule has 27 heavy (non-hydrogen) atoms. The molecule has 8 heteroatoms. The van der Waals surface area contributed by atoms with E-state index in [1.807, 2.05) is 24.3 Å². The third kappa shape index (κ3) is 4.65. The molecule has 2 aromatic carbocycles. The second-order valence-electron chi connectivity index (χ2n) is 5.91. The van der Waals surface area contributed by atoms with Crippen molar-refractivity contribution in [1.82, 2.24) is 5.32 Å². The highest BCUT2D eigenvalue weighted by Gasteiger charge is 2.22. The standard InChI is InChI=1S/C19H17BrN2O5/c1-26-18(24)9-15(11-2-5-13(20)6-3-11)22-19(25)12-4-7-14-16(8-12)27-10-17(23)21-14/h2-8,15H,9-10H2,1H3,(H,21,23)(H,22,25)/t15-/m0/s1. The van der Waals surface area contributed by atoms with Crippen LogP contribution in [0.1, 0.15) is 28.4 Å². The molecular formula is C19H17BrN2O5. The van der Waals surface area contributed by atoms with Crippen molar-refractivity contribution >= 4 is 39.4 Å². The molecule has 0 aliphatic carbocycles. The van der Waals surface area contributed by atoms with Crippen LogP contribution in [0.3, 0.4) is 0 Å². The lowest BCUT2D eigenvalue weighted by Gasteiger charge is -2.20. The fourth-order valence-corrected chi connectivity index (χ4v) is 2.92. The first-order chi connectivity index (χ1) is 13.0. The molecule has 2 aromatic rings. The molecule has 0 bridgehead atoms. The van der Waals surface area contributed by atoms with E-state index < -0.39 is 12.0 Å². The highest BCUT2D eigenvalue weighted by Crippen LogP contribution is 2.29. The number of hydrogen-bond acceptors (Lipinski definition) is 5. The molecule has 7 nitrogen and oxygen atoms in total. The van der Waals surface area contributed by atoms with Crippen molar-refractivity contribution in [2.75, 3.05) is 19.0 Å². The highest BCUT2D eigenvalue weighted by atomic mass is 79.9. The summed E-state index contributed by atoms with van der Waals surface area (Å²) in [5.74, 6) is -0.613. The van der Waals surface area contributed by atoms with Crippen LogP contribution in [0.2, 0.25) is 0 Å². The number of carbonyl (C=O) groups is 3. The third-order valence-electron chi connectivity index (χ3n) is 4.05. The number of anilines is 1. The molecule has 140 valence electrons. The molecule has 3 rings (SSSR count). The lowest BCUT2D eigenvalue weighted by molar-refractivity contribution is -0.141. The van der Waals surface area contributed by atoms with Gasteiger partial charge in [0.25, 0.3) is 11.8 Å². The number of hydrogen-bond donors (Lipinski definition) is 2. The molecule has 1 aliphatic heterocycles. The number of halogens is 1. The normalized spacial score (nSPS) is 13.6. The Morgan fingerprint density at radius 1 is 1.26 bits per heavy atom. The van der Waals surface area contributed by atoms with Crippen molar-refractivity contribution in [3.05, 3.63) is 58.1 Å². The second-order valence-corrected chi connectivity index (χ2v) is 6.82. The van der Waals surface area contributed by atoms with Gasteiger partial charge in [0.05, 0.1) is 25.3 Å². The minimum atomic E-state index is -0.547. The van der Waals surface area contributed by atoms with E-state index in [0.717, 1.165) is 10.0 Å². The highest BCUT2D eigenvalue weighted by molar-refractivity contribution is 9.10. The van der Waals surface area contributed by atoms with Gasteiger partial charge in [0.2, 0.25) is 0 Å². The van der Waals surface area contributed by atoms with Crippen LogP contribution in [-0.2, 0) is 14.3 Å². The van der Waals surface area contributed by atoms with Crippen molar-refractivity contribution in [3.8, 4) is 5.75 Å². The van der Waals surface area contributed by atoms with Gasteiger partial charge in [-0.1, -0.05) is 28.1 Å². The van der Waals surface area contributed by atoms with Crippen LogP contribution in [0.15, 0.2) is 46.9 Å². The average molecular weight is 433 g/mol. The van der Waals surface area contributed by atoms with Gasteiger partial charge in [0.15, 0.2) is 6.61 Å². The van der Waals surface area contributed by atoms with Gasteiger partial charge < -0.3 is 20.1 Å². The van der Waals surface area contributed by atoms with Crippen molar-refractivity contribution in [2.45, 2.75) is 12.5 Å². The number of carbonyl (C=O) groups excluding carboxylic acids is 3. The van der Waals surface area contributed by atoms with Gasteiger partial charge >= 0.3 is 5.97 Å². The molecule has 2 N–H and O–H groups in total. The molecule has 0 saturated heterocycles. The van der Waals surface area contributed by atoms with E-state index in [1.54, 1.807) is 18.2 Å². The fraction of sp³-hybridized carbons (Fsp3) is 0.211. The van der Waals surface area contributed by atoms with Crippen LogP contribution in [0.5, 0.6) is 5.75 Å². The number of fused-ring (bicyclic) bond motifs is 1. The van der Waals surface area contributed by atoms with Gasteiger partial charge in [-0.2, -0.15) is 0 Å². The zero-order valence-electron chi connectivity index (χ0n) is 14.5. The zero-order valence-corrected chi connectivity index (χ0v) is 16.0. The summed E-state index contributed by atoms with van der Waals surface area (Å²) in [6.45, 7) is -0.0953. The first-order valence-corrected chi connectivity index (χ1v) is 8.95. The quantitative estimate of drug-likeness (QED) is 0.708. The first kappa shape index (κ1) is 18.9. The smallest absolute Gasteiger partial charge is 0.307 e. The number of methoxy groups -OCH3 is 1. The Morgan fingerprint density at radius 2 is 2.00 bits per heavy atom. The second kappa shape index (κ2) is 8.22. The number of esters is 1. The van der Waals surface area contributed by atoms with Gasteiger partial charge in [-0.3, -0.25) is 14.4 Å². The summed E-state index contributed by atoms with van der Waals surface area (Å²) in [5.41, 5.74) is 1.65. The van der Waals surface area contributed by atoms with Crippen molar-refractivity contribution in [2.24, 2.45) is 0 Å². The molecule has 2 amide bonds. The number of benzene rings is 2. The van der Waals surface area contributed by atoms with Crippen LogP contribution in [0.4, 0.5) is 5.69 Å². The SMILES string of the molecule is COC(=O)C[C@H](NC(=O)c1ccc2c(c1)OCC(=O)N2)c1ccc(Br)cc1. The van der Waals surface area contributed by atoms with E-state index in [9.17, 15) is 14.4 Å². The molecule has 1 aliphatic rings. The van der Waals surface area contributed by atoms with Crippen LogP contribution >= 0.6 is 15.9 Å². The number of rotatable bonds is 5. The van der Waals surface area contributed by atoms with Crippen molar-refractivity contribution < 1.29 is 23.9 Å². The average Bonchev–Trinajstić information content (AvgIpc) is 2.67. The Hall–Kier alpha value is -2.87. The Balaban J connectivity index is 1.80. The fourth-order valence-electron chi connectivity index (χ4n) is 2.65. The molecule has 0 radical (unpaired) electrons. The molecule has 0 aromatic heterocycles. The maximum Gasteiger partial charge on any atom is 0.307 e. The molecule has 1 atom stereocenters. The minimum Gasteiger partial charge on any atom is -0.482 e. The van der Waals surface area contributed by atoms with Gasteiger partial charge in [-0.25, -0.2) is 0 Å². The number of nitrogens with one attached hydrogen (secondary N) is 2. The predicted molar refractivity (Wildman–Crippen MR) is 102 cm³/mol. The largest absolute Gasteiger partial charge is 0.482 e. The van der Waals surface area contributed by atoms with Crippen LogP contribution < -0.4 is 15.4 Å². The Morgan fingerprint density at radius 3 is 2.70 bits per heavy atom. The number of ether oxygens (including phenoxy) is 2. The monoisotopic (exact) mass is 432 g/mol. The third-order valence-corrected chi connectivity index (χ3v) is 4.58. The van der Waals surface area contributed by atoms with Gasteiger partial charge in [0, 0.05) is 10.0 Å². The van der Waals surface area contributed by atoms with E-state index in [0.29, 0.717) is 17.0 Å². The van der Waals surface area contributed by atoms with Gasteiger partial charge in [-0.05, 0) is 35.9 Å². The lowest BCUT2D eigenvalue weighted by Crippen LogP contribution is -2.31. The summed E-state index contributed by atoms with van der Waals surface area (Å²) in [6.07, 6.45) is 0.00136. The van der Waals surface area contributed by atoms with E-state index >= 15 is 0 Å². The summed E-state index contributed by atoms with van der Waals surface area (Å²) in [6, 6.07) is 11.5. The zero-order chi connectivity index (χ0) is 19.4. The summed E-state index contributed by atoms with van der Waals surface area (Å²) in [4.78, 5) is 35.8. The van der Waals surface area contributed by atoms with E-state index in [1.165, 1.54) is 7.11 Å². The molecule has 0 unspecified atom stereocenters. The van der Waals surface area contributed by atoms with Crippen LogP contribution in [0, 0.1) is 0 Å². The molecule has 0 fully saturated rings. The molecular weight excluding hydrogens is 416 g/mol. The maximum atomic E-state index is 12.7. The Bertz CT molecular complexity index is 882.